The first-order valence-corrected chi connectivity index (χ1v) is 6.64. The monoisotopic (exact) mass is 265 g/mol. The highest BCUT2D eigenvalue weighted by Crippen LogP contribution is 2.17. The summed E-state index contributed by atoms with van der Waals surface area (Å²) in [7, 11) is 0. The lowest BCUT2D eigenvalue weighted by Crippen LogP contribution is -2.39. The average molecular weight is 265 g/mol. The summed E-state index contributed by atoms with van der Waals surface area (Å²) < 4.78 is 5.59. The van der Waals surface area contributed by atoms with E-state index in [0.717, 1.165) is 0 Å². The minimum atomic E-state index is -0.0849. The molecule has 4 heteroatoms. The number of aliphatic hydroxyl groups excluding tert-OH is 1. The molecule has 0 aliphatic heterocycles. The first-order chi connectivity index (χ1) is 8.95. The lowest BCUT2D eigenvalue weighted by molar-refractivity contribution is 0.0664. The number of rotatable bonds is 6. The molecule has 0 aliphatic carbocycles. The van der Waals surface area contributed by atoms with Gasteiger partial charge in [0.15, 0.2) is 0 Å². The molecule has 1 aromatic rings. The fourth-order valence-electron chi connectivity index (χ4n) is 1.84. The van der Waals surface area contributed by atoms with Gasteiger partial charge >= 0.3 is 0 Å². The number of carbonyl (C=O) groups is 1. The Morgan fingerprint density at radius 3 is 2.53 bits per heavy atom. The molecule has 0 radical (unpaired) electrons. The van der Waals surface area contributed by atoms with E-state index in [9.17, 15) is 4.79 Å². The first kappa shape index (κ1) is 15.5. The van der Waals surface area contributed by atoms with Gasteiger partial charge in [-0.1, -0.05) is 6.07 Å². The average Bonchev–Trinajstić information content (AvgIpc) is 2.34. The second-order valence-electron chi connectivity index (χ2n) is 5.01. The normalized spacial score (nSPS) is 10.9. The zero-order valence-corrected chi connectivity index (χ0v) is 12.1. The zero-order chi connectivity index (χ0) is 14.4. The summed E-state index contributed by atoms with van der Waals surface area (Å²) in [5, 5.41) is 9.04. The van der Waals surface area contributed by atoms with Gasteiger partial charge in [-0.25, -0.2) is 0 Å². The van der Waals surface area contributed by atoms with Crippen LogP contribution >= 0.6 is 0 Å². The third-order valence-corrected chi connectivity index (χ3v) is 2.68. The lowest BCUT2D eigenvalue weighted by Gasteiger charge is -2.26. The Balaban J connectivity index is 2.91. The molecule has 0 unspecified atom stereocenters. The van der Waals surface area contributed by atoms with Crippen LogP contribution in [-0.4, -0.2) is 41.2 Å². The molecule has 0 bridgehead atoms. The number of hydrogen-bond acceptors (Lipinski definition) is 3. The van der Waals surface area contributed by atoms with Gasteiger partial charge in [0.1, 0.15) is 5.75 Å². The van der Waals surface area contributed by atoms with Gasteiger partial charge in [-0.2, -0.15) is 0 Å². The highest BCUT2D eigenvalue weighted by atomic mass is 16.5. The van der Waals surface area contributed by atoms with E-state index in [1.54, 1.807) is 17.0 Å². The summed E-state index contributed by atoms with van der Waals surface area (Å²) in [6, 6.07) is 7.21. The van der Waals surface area contributed by atoms with Crippen LogP contribution in [0.15, 0.2) is 24.3 Å². The predicted octanol–water partition coefficient (Wildman–Crippen LogP) is 2.32. The highest BCUT2D eigenvalue weighted by molar-refractivity contribution is 5.94. The molecule has 0 heterocycles. The molecule has 19 heavy (non-hydrogen) atoms. The fraction of sp³-hybridized carbons (Fsp3) is 0.533. The summed E-state index contributed by atoms with van der Waals surface area (Å²) in [6.45, 7) is 8.06. The van der Waals surface area contributed by atoms with Crippen molar-refractivity contribution in [2.24, 2.45) is 0 Å². The first-order valence-electron chi connectivity index (χ1n) is 6.64. The van der Waals surface area contributed by atoms with Gasteiger partial charge in [-0.3, -0.25) is 4.79 Å². The van der Waals surface area contributed by atoms with Crippen LogP contribution in [0.1, 0.15) is 38.1 Å². The number of ether oxygens (including phenoxy) is 1. The van der Waals surface area contributed by atoms with Crippen molar-refractivity contribution in [1.29, 1.82) is 0 Å². The number of amides is 1. The smallest absolute Gasteiger partial charge is 0.254 e. The molecule has 1 amide bonds. The van der Waals surface area contributed by atoms with Crippen LogP contribution in [-0.2, 0) is 0 Å². The van der Waals surface area contributed by atoms with E-state index in [0.29, 0.717) is 17.9 Å². The van der Waals surface area contributed by atoms with Gasteiger partial charge in [0.2, 0.25) is 0 Å². The standard InChI is InChI=1S/C15H23NO3/c1-11(2)16(8-9-17)15(18)13-6-5-7-14(10-13)19-12(3)4/h5-7,10-12,17H,8-9H2,1-4H3. The molecule has 0 spiro atoms. The molecular formula is C15H23NO3. The van der Waals surface area contributed by atoms with Crippen molar-refractivity contribution in [3.05, 3.63) is 29.8 Å². The molecule has 0 atom stereocenters. The van der Waals surface area contributed by atoms with E-state index in [1.807, 2.05) is 39.8 Å². The number of carbonyl (C=O) groups excluding carboxylic acids is 1. The van der Waals surface area contributed by atoms with Crippen LogP contribution in [0.2, 0.25) is 0 Å². The van der Waals surface area contributed by atoms with Crippen molar-refractivity contribution < 1.29 is 14.6 Å². The highest BCUT2D eigenvalue weighted by Gasteiger charge is 2.18. The molecular weight excluding hydrogens is 242 g/mol. The predicted molar refractivity (Wildman–Crippen MR) is 75.5 cm³/mol. The molecule has 0 fully saturated rings. The molecule has 0 saturated heterocycles. The summed E-state index contributed by atoms with van der Waals surface area (Å²) in [5.74, 6) is 0.604. The second kappa shape index (κ2) is 7.14. The maximum absolute atomic E-state index is 12.4. The van der Waals surface area contributed by atoms with Crippen molar-refractivity contribution in [2.75, 3.05) is 13.2 Å². The third kappa shape index (κ3) is 4.56. The Bertz CT molecular complexity index is 416. The van der Waals surface area contributed by atoms with Crippen molar-refractivity contribution in [3.63, 3.8) is 0 Å². The van der Waals surface area contributed by atoms with E-state index in [2.05, 4.69) is 0 Å². The molecule has 1 N–H and O–H groups in total. The molecule has 1 rings (SSSR count). The van der Waals surface area contributed by atoms with Crippen LogP contribution in [0, 0.1) is 0 Å². The van der Waals surface area contributed by atoms with Crippen molar-refractivity contribution in [2.45, 2.75) is 39.8 Å². The summed E-state index contributed by atoms with van der Waals surface area (Å²) in [5.41, 5.74) is 0.584. The van der Waals surface area contributed by atoms with Gasteiger partial charge in [-0.05, 0) is 45.9 Å². The lowest BCUT2D eigenvalue weighted by atomic mass is 10.1. The molecule has 106 valence electrons. The van der Waals surface area contributed by atoms with Gasteiger partial charge in [0, 0.05) is 18.2 Å². The Labute approximate surface area is 115 Å². The molecule has 1 aromatic carbocycles. The largest absolute Gasteiger partial charge is 0.491 e. The Kier molecular flexibility index (Phi) is 5.83. The summed E-state index contributed by atoms with van der Waals surface area (Å²) >= 11 is 0. The van der Waals surface area contributed by atoms with E-state index in [1.165, 1.54) is 0 Å². The molecule has 4 nitrogen and oxygen atoms in total. The number of nitrogens with zero attached hydrogens (tertiary/aromatic N) is 1. The maximum atomic E-state index is 12.4. The van der Waals surface area contributed by atoms with E-state index in [-0.39, 0.29) is 24.7 Å². The quantitative estimate of drug-likeness (QED) is 0.858. The van der Waals surface area contributed by atoms with Gasteiger partial charge in [0.25, 0.3) is 5.91 Å². The van der Waals surface area contributed by atoms with E-state index >= 15 is 0 Å². The maximum Gasteiger partial charge on any atom is 0.254 e. The van der Waals surface area contributed by atoms with Crippen LogP contribution < -0.4 is 4.74 Å². The summed E-state index contributed by atoms with van der Waals surface area (Å²) in [6.07, 6.45) is 0.0731. The number of benzene rings is 1. The minimum absolute atomic E-state index is 0.0356. The van der Waals surface area contributed by atoms with E-state index < -0.39 is 0 Å². The summed E-state index contributed by atoms with van der Waals surface area (Å²) in [4.78, 5) is 14.0. The van der Waals surface area contributed by atoms with Crippen molar-refractivity contribution >= 4 is 5.91 Å². The van der Waals surface area contributed by atoms with Crippen LogP contribution in [0.3, 0.4) is 0 Å². The van der Waals surface area contributed by atoms with Crippen LogP contribution in [0.25, 0.3) is 0 Å². The van der Waals surface area contributed by atoms with Gasteiger partial charge in [0.05, 0.1) is 12.7 Å². The third-order valence-electron chi connectivity index (χ3n) is 2.68. The van der Waals surface area contributed by atoms with Crippen molar-refractivity contribution in [3.8, 4) is 5.75 Å². The fourth-order valence-corrected chi connectivity index (χ4v) is 1.84. The Morgan fingerprint density at radius 2 is 2.00 bits per heavy atom. The SMILES string of the molecule is CC(C)Oc1cccc(C(=O)N(CCO)C(C)C)c1. The number of aliphatic hydroxyl groups is 1. The van der Waals surface area contributed by atoms with Crippen molar-refractivity contribution in [1.82, 2.24) is 4.90 Å². The van der Waals surface area contributed by atoms with Crippen LogP contribution in [0.5, 0.6) is 5.75 Å². The van der Waals surface area contributed by atoms with Crippen LogP contribution in [0.4, 0.5) is 0 Å². The second-order valence-corrected chi connectivity index (χ2v) is 5.01. The number of hydrogen-bond donors (Lipinski definition) is 1. The van der Waals surface area contributed by atoms with E-state index in [4.69, 9.17) is 9.84 Å². The molecule has 0 aromatic heterocycles. The molecule has 0 aliphatic rings. The molecule has 0 saturated carbocycles. The van der Waals surface area contributed by atoms with Gasteiger partial charge < -0.3 is 14.7 Å². The Morgan fingerprint density at radius 1 is 1.32 bits per heavy atom. The van der Waals surface area contributed by atoms with Gasteiger partial charge in [-0.15, -0.1) is 0 Å². The topological polar surface area (TPSA) is 49.8 Å². The Hall–Kier alpha value is -1.55. The minimum Gasteiger partial charge on any atom is -0.491 e. The zero-order valence-electron chi connectivity index (χ0n) is 12.1.